The summed E-state index contributed by atoms with van der Waals surface area (Å²) in [6, 6.07) is 10.2. The second-order valence-electron chi connectivity index (χ2n) is 6.87. The third-order valence-electron chi connectivity index (χ3n) is 5.09. The Morgan fingerprint density at radius 1 is 1.07 bits per heavy atom. The normalized spacial score (nSPS) is 17.9. The molecule has 4 heterocycles. The van der Waals surface area contributed by atoms with E-state index in [0.717, 1.165) is 45.4 Å². The van der Waals surface area contributed by atoms with Crippen LogP contribution in [0.3, 0.4) is 0 Å². The Balaban J connectivity index is 1.43. The Hall–Kier alpha value is -2.51. The highest BCUT2D eigenvalue weighted by molar-refractivity contribution is 7.21. The molecule has 1 aromatic carbocycles. The Labute approximate surface area is 161 Å². The molecule has 2 aliphatic heterocycles. The maximum Gasteiger partial charge on any atom is 0.253 e. The lowest BCUT2D eigenvalue weighted by Gasteiger charge is -2.26. The average Bonchev–Trinajstić information content (AvgIpc) is 3.38. The lowest BCUT2D eigenvalue weighted by Crippen LogP contribution is -2.41. The van der Waals surface area contributed by atoms with E-state index in [9.17, 15) is 4.79 Å². The number of rotatable bonds is 3. The smallest absolute Gasteiger partial charge is 0.253 e. The van der Waals surface area contributed by atoms with Crippen LogP contribution in [-0.2, 0) is 9.53 Å². The largest absolute Gasteiger partial charge is 0.370 e. The third-order valence-corrected chi connectivity index (χ3v) is 6.16. The fourth-order valence-corrected chi connectivity index (χ4v) is 4.63. The van der Waals surface area contributed by atoms with Crippen molar-refractivity contribution in [3.63, 3.8) is 0 Å². The van der Waals surface area contributed by atoms with Crippen molar-refractivity contribution in [3.8, 4) is 10.6 Å². The Morgan fingerprint density at radius 3 is 2.74 bits per heavy atom. The number of pyridine rings is 1. The third kappa shape index (κ3) is 3.17. The van der Waals surface area contributed by atoms with Gasteiger partial charge in [-0.1, -0.05) is 0 Å². The number of amides is 1. The summed E-state index contributed by atoms with van der Waals surface area (Å²) in [5.74, 6) is 1.05. The molecule has 6 nitrogen and oxygen atoms in total. The summed E-state index contributed by atoms with van der Waals surface area (Å²) in [4.78, 5) is 25.6. The van der Waals surface area contributed by atoms with Crippen LogP contribution in [0, 0.1) is 0 Å². The molecule has 0 bridgehead atoms. The number of carbonyl (C=O) groups excluding carboxylic acids is 1. The summed E-state index contributed by atoms with van der Waals surface area (Å²) in [5.41, 5.74) is 2.89. The van der Waals surface area contributed by atoms with Gasteiger partial charge in [0.25, 0.3) is 5.91 Å². The Kier molecular flexibility index (Phi) is 4.26. The maximum atomic E-state index is 12.1. The molecule has 0 radical (unpaired) electrons. The monoisotopic (exact) mass is 380 g/mol. The number of benzene rings is 1. The van der Waals surface area contributed by atoms with Crippen molar-refractivity contribution in [1.29, 1.82) is 0 Å². The van der Waals surface area contributed by atoms with E-state index in [1.54, 1.807) is 16.2 Å². The maximum absolute atomic E-state index is 12.1. The molecule has 0 aliphatic carbocycles. The van der Waals surface area contributed by atoms with E-state index in [-0.39, 0.29) is 12.5 Å². The molecule has 7 heteroatoms. The van der Waals surface area contributed by atoms with Crippen molar-refractivity contribution in [3.05, 3.63) is 36.5 Å². The van der Waals surface area contributed by atoms with Crippen molar-refractivity contribution in [2.24, 2.45) is 0 Å². The minimum atomic E-state index is 0.00652. The van der Waals surface area contributed by atoms with Crippen LogP contribution < -0.4 is 9.80 Å². The van der Waals surface area contributed by atoms with Gasteiger partial charge in [0.1, 0.15) is 17.4 Å². The van der Waals surface area contributed by atoms with Crippen molar-refractivity contribution >= 4 is 39.0 Å². The Bertz CT molecular complexity index is 979. The molecular weight excluding hydrogens is 360 g/mol. The zero-order valence-electron chi connectivity index (χ0n) is 14.9. The van der Waals surface area contributed by atoms with E-state index in [0.29, 0.717) is 13.2 Å². The molecule has 2 aliphatic rings. The zero-order valence-corrected chi connectivity index (χ0v) is 15.7. The molecule has 2 saturated heterocycles. The fraction of sp³-hybridized carbons (Fsp3) is 0.350. The molecule has 138 valence electrons. The van der Waals surface area contributed by atoms with Gasteiger partial charge < -0.3 is 14.5 Å². The van der Waals surface area contributed by atoms with Crippen LogP contribution in [0.2, 0.25) is 0 Å². The first-order valence-electron chi connectivity index (χ1n) is 9.28. The van der Waals surface area contributed by atoms with Crippen LogP contribution in [0.25, 0.3) is 20.8 Å². The fourth-order valence-electron chi connectivity index (χ4n) is 3.64. The van der Waals surface area contributed by atoms with E-state index in [1.165, 1.54) is 12.8 Å². The summed E-state index contributed by atoms with van der Waals surface area (Å²) < 4.78 is 6.29. The Morgan fingerprint density at radius 2 is 1.96 bits per heavy atom. The highest BCUT2D eigenvalue weighted by atomic mass is 32.1. The van der Waals surface area contributed by atoms with Crippen LogP contribution in [0.1, 0.15) is 12.8 Å². The van der Waals surface area contributed by atoms with Crippen LogP contribution in [-0.4, -0.2) is 48.7 Å². The van der Waals surface area contributed by atoms with E-state index in [2.05, 4.69) is 22.0 Å². The molecule has 0 unspecified atom stereocenters. The summed E-state index contributed by atoms with van der Waals surface area (Å²) in [6.45, 7) is 3.51. The zero-order chi connectivity index (χ0) is 18.2. The topological polar surface area (TPSA) is 58.6 Å². The number of hydrogen-bond donors (Lipinski definition) is 0. The van der Waals surface area contributed by atoms with Crippen LogP contribution >= 0.6 is 11.3 Å². The number of morpholine rings is 1. The van der Waals surface area contributed by atoms with E-state index >= 15 is 0 Å². The number of anilines is 2. The average molecular weight is 380 g/mol. The van der Waals surface area contributed by atoms with Gasteiger partial charge in [-0.05, 0) is 43.2 Å². The molecule has 0 saturated carbocycles. The number of aromatic nitrogens is 2. The summed E-state index contributed by atoms with van der Waals surface area (Å²) in [5, 5.41) is 0.955. The van der Waals surface area contributed by atoms with Gasteiger partial charge in [-0.3, -0.25) is 4.79 Å². The number of ether oxygens (including phenoxy) is 1. The van der Waals surface area contributed by atoms with Gasteiger partial charge in [0, 0.05) is 37.1 Å². The molecule has 3 aromatic rings. The second kappa shape index (κ2) is 6.90. The van der Waals surface area contributed by atoms with E-state index in [1.807, 2.05) is 24.4 Å². The van der Waals surface area contributed by atoms with Crippen molar-refractivity contribution < 1.29 is 9.53 Å². The number of carbonyl (C=O) groups is 1. The van der Waals surface area contributed by atoms with Crippen LogP contribution in [0.15, 0.2) is 36.5 Å². The summed E-state index contributed by atoms with van der Waals surface area (Å²) in [6.07, 6.45) is 4.41. The molecule has 0 N–H and O–H groups in total. The number of thiazole rings is 1. The predicted molar refractivity (Wildman–Crippen MR) is 107 cm³/mol. The SMILES string of the molecule is O=C1COCCN1c1ccc2nc(-c3ccc(N4CCCC4)nc3)sc2c1. The first kappa shape index (κ1) is 16.6. The standard InChI is InChI=1S/C20H20N4O2S/c25-19-13-26-10-9-24(19)15-4-5-16-17(11-15)27-20(22-16)14-3-6-18(21-12-14)23-7-1-2-8-23/h3-6,11-12H,1-2,7-10,13H2. The van der Waals surface area contributed by atoms with E-state index < -0.39 is 0 Å². The van der Waals surface area contributed by atoms with Gasteiger partial charge in [0.15, 0.2) is 0 Å². The molecule has 0 spiro atoms. The lowest BCUT2D eigenvalue weighted by atomic mass is 10.2. The van der Waals surface area contributed by atoms with Gasteiger partial charge in [-0.25, -0.2) is 9.97 Å². The lowest BCUT2D eigenvalue weighted by molar-refractivity contribution is -0.125. The molecule has 5 rings (SSSR count). The van der Waals surface area contributed by atoms with Crippen molar-refractivity contribution in [2.75, 3.05) is 42.6 Å². The first-order chi connectivity index (χ1) is 13.3. The van der Waals surface area contributed by atoms with Gasteiger partial charge in [0.05, 0.1) is 16.8 Å². The van der Waals surface area contributed by atoms with Crippen LogP contribution in [0.4, 0.5) is 11.5 Å². The molecule has 27 heavy (non-hydrogen) atoms. The number of fused-ring (bicyclic) bond motifs is 1. The highest BCUT2D eigenvalue weighted by Crippen LogP contribution is 2.33. The first-order valence-corrected chi connectivity index (χ1v) is 10.1. The number of nitrogens with zero attached hydrogens (tertiary/aromatic N) is 4. The van der Waals surface area contributed by atoms with Gasteiger partial charge in [-0.2, -0.15) is 0 Å². The van der Waals surface area contributed by atoms with Crippen molar-refractivity contribution in [2.45, 2.75) is 12.8 Å². The second-order valence-corrected chi connectivity index (χ2v) is 7.90. The van der Waals surface area contributed by atoms with Gasteiger partial charge in [0.2, 0.25) is 0 Å². The van der Waals surface area contributed by atoms with Gasteiger partial charge in [-0.15, -0.1) is 11.3 Å². The van der Waals surface area contributed by atoms with E-state index in [4.69, 9.17) is 9.72 Å². The summed E-state index contributed by atoms with van der Waals surface area (Å²) in [7, 11) is 0. The quantitative estimate of drug-likeness (QED) is 0.698. The van der Waals surface area contributed by atoms with Crippen molar-refractivity contribution in [1.82, 2.24) is 9.97 Å². The molecule has 2 fully saturated rings. The van der Waals surface area contributed by atoms with Crippen LogP contribution in [0.5, 0.6) is 0 Å². The van der Waals surface area contributed by atoms with Gasteiger partial charge >= 0.3 is 0 Å². The highest BCUT2D eigenvalue weighted by Gasteiger charge is 2.21. The molecule has 0 atom stereocenters. The molecule has 2 aromatic heterocycles. The molecule has 1 amide bonds. The number of hydrogen-bond acceptors (Lipinski definition) is 6. The molecular formula is C20H20N4O2S. The predicted octanol–water partition coefficient (Wildman–Crippen LogP) is 3.32. The summed E-state index contributed by atoms with van der Waals surface area (Å²) >= 11 is 1.63. The minimum absolute atomic E-state index is 0.00652. The minimum Gasteiger partial charge on any atom is -0.370 e.